The second-order valence-electron chi connectivity index (χ2n) is 11.6. The van der Waals surface area contributed by atoms with Crippen LogP contribution in [0.1, 0.15) is 63.1 Å². The Morgan fingerprint density at radius 3 is 2.05 bits per heavy atom. The monoisotopic (exact) mass is 580 g/mol. The third-order valence-electron chi connectivity index (χ3n) is 7.89. The Balaban J connectivity index is 0.000000231. The van der Waals surface area contributed by atoms with Crippen LogP contribution in [-0.2, 0) is 23.2 Å². The van der Waals surface area contributed by atoms with E-state index in [4.69, 9.17) is 0 Å². The maximum absolute atomic E-state index is 12.0. The van der Waals surface area contributed by atoms with Gasteiger partial charge in [0.2, 0.25) is 12.3 Å². The lowest BCUT2D eigenvalue weighted by Crippen LogP contribution is -2.41. The third kappa shape index (κ3) is 11.2. The van der Waals surface area contributed by atoms with Crippen LogP contribution in [0.3, 0.4) is 0 Å². The van der Waals surface area contributed by atoms with Crippen LogP contribution < -0.4 is 5.32 Å². The predicted octanol–water partition coefficient (Wildman–Crippen LogP) is 4.93. The number of aromatic nitrogens is 2. The Labute approximate surface area is 252 Å². The standard InChI is InChI=1S/C14H18N4O2.C8H10.C6H13N.C5H9NO.H2/c1-17-12-5-4-10(7-11(12)9-16-17)8-15-14(19)13-3-2-6-18(13)20;1-7-3-5-8(2)6-4-7;1-7-5-3-2-4-6-7;7-5-6-3-1-2-4-6;/h4-5,7,9,13,20H,2-3,6,8H2,1H3,(H,15,19);3-6H,1-2H3;2-6H2,1H3;5H,1-4H2;1H. The smallest absolute Gasteiger partial charge is 0.240 e. The molecular formula is C33H52N6O3. The van der Waals surface area contributed by atoms with E-state index in [1.54, 1.807) is 4.90 Å². The normalized spacial score (nSPS) is 18.7. The third-order valence-corrected chi connectivity index (χ3v) is 7.89. The number of carbonyl (C=O) groups is 2. The quantitative estimate of drug-likeness (QED) is 0.425. The number of aryl methyl sites for hydroxylation is 3. The molecular weight excluding hydrogens is 528 g/mol. The summed E-state index contributed by atoms with van der Waals surface area (Å²) in [6, 6.07) is 14.1. The van der Waals surface area contributed by atoms with Crippen molar-refractivity contribution in [2.24, 2.45) is 7.05 Å². The lowest BCUT2D eigenvalue weighted by Gasteiger charge is -2.20. The van der Waals surface area contributed by atoms with Crippen molar-refractivity contribution in [3.8, 4) is 0 Å². The van der Waals surface area contributed by atoms with E-state index in [2.05, 4.69) is 60.5 Å². The summed E-state index contributed by atoms with van der Waals surface area (Å²) in [4.78, 5) is 26.1. The van der Waals surface area contributed by atoms with Crippen molar-refractivity contribution in [3.05, 3.63) is 65.4 Å². The van der Waals surface area contributed by atoms with E-state index in [0.29, 0.717) is 19.5 Å². The van der Waals surface area contributed by atoms with Gasteiger partial charge in [-0.2, -0.15) is 10.2 Å². The first-order valence-electron chi connectivity index (χ1n) is 15.3. The van der Waals surface area contributed by atoms with Crippen molar-refractivity contribution in [2.45, 2.75) is 71.4 Å². The minimum absolute atomic E-state index is 0. The van der Waals surface area contributed by atoms with Crippen LogP contribution in [0.15, 0.2) is 48.7 Å². The van der Waals surface area contributed by atoms with Gasteiger partial charge < -0.3 is 20.3 Å². The fraction of sp³-hybridized carbons (Fsp3) is 0.545. The number of hydrogen-bond acceptors (Lipinski definition) is 6. The van der Waals surface area contributed by atoms with Crippen molar-refractivity contribution in [1.82, 2.24) is 30.0 Å². The van der Waals surface area contributed by atoms with Crippen molar-refractivity contribution in [1.29, 1.82) is 0 Å². The van der Waals surface area contributed by atoms with Crippen molar-refractivity contribution in [2.75, 3.05) is 39.8 Å². The van der Waals surface area contributed by atoms with Gasteiger partial charge in [-0.05, 0) is 90.2 Å². The van der Waals surface area contributed by atoms with Crippen molar-refractivity contribution < 1.29 is 16.2 Å². The summed E-state index contributed by atoms with van der Waals surface area (Å²) in [5, 5.41) is 18.8. The molecule has 42 heavy (non-hydrogen) atoms. The summed E-state index contributed by atoms with van der Waals surface area (Å²) in [7, 11) is 4.10. The lowest BCUT2D eigenvalue weighted by atomic mass is 10.1. The molecule has 2 amide bonds. The van der Waals surface area contributed by atoms with Gasteiger partial charge in [0.25, 0.3) is 0 Å². The maximum atomic E-state index is 12.0. The molecule has 6 rings (SSSR count). The van der Waals surface area contributed by atoms with Crippen LogP contribution in [0.5, 0.6) is 0 Å². The van der Waals surface area contributed by atoms with Crippen LogP contribution in [0.25, 0.3) is 10.9 Å². The molecule has 9 heteroatoms. The van der Waals surface area contributed by atoms with Gasteiger partial charge in [0, 0.05) is 40.0 Å². The van der Waals surface area contributed by atoms with Gasteiger partial charge in [0.1, 0.15) is 6.04 Å². The SMILES string of the molecule is CN1CCCCC1.Cc1ccc(C)cc1.Cn1ncc2cc(CNC(=O)C3CCCN3O)ccc21.O=CN1CCCC1.[HH]. The number of amides is 2. The highest BCUT2D eigenvalue weighted by atomic mass is 16.5. The molecule has 2 aromatic carbocycles. The Morgan fingerprint density at radius 2 is 1.55 bits per heavy atom. The van der Waals surface area contributed by atoms with Crippen LogP contribution >= 0.6 is 0 Å². The summed E-state index contributed by atoms with van der Waals surface area (Å²) < 4.78 is 1.82. The second kappa shape index (κ2) is 17.6. The van der Waals surface area contributed by atoms with E-state index in [1.807, 2.05) is 36.1 Å². The van der Waals surface area contributed by atoms with Gasteiger partial charge >= 0.3 is 0 Å². The summed E-state index contributed by atoms with van der Waals surface area (Å²) in [5.74, 6) is -0.115. The zero-order valence-corrected chi connectivity index (χ0v) is 26.0. The predicted molar refractivity (Wildman–Crippen MR) is 170 cm³/mol. The Bertz CT molecular complexity index is 1200. The largest absolute Gasteiger partial charge is 0.351 e. The number of hydrogen-bond donors (Lipinski definition) is 2. The number of nitrogens with one attached hydrogen (secondary N) is 1. The van der Waals surface area contributed by atoms with Crippen LogP contribution in [0.4, 0.5) is 0 Å². The highest BCUT2D eigenvalue weighted by Crippen LogP contribution is 2.16. The van der Waals surface area contributed by atoms with Crippen LogP contribution in [0.2, 0.25) is 0 Å². The van der Waals surface area contributed by atoms with E-state index in [-0.39, 0.29) is 7.33 Å². The van der Waals surface area contributed by atoms with Gasteiger partial charge in [-0.15, -0.1) is 0 Å². The molecule has 1 atom stereocenters. The Hall–Kier alpha value is -3.27. The molecule has 0 spiro atoms. The number of rotatable bonds is 4. The summed E-state index contributed by atoms with van der Waals surface area (Å²) in [5.41, 5.74) is 4.75. The van der Waals surface area contributed by atoms with Gasteiger partial charge in [-0.3, -0.25) is 14.3 Å². The van der Waals surface area contributed by atoms with Crippen molar-refractivity contribution in [3.63, 3.8) is 0 Å². The van der Waals surface area contributed by atoms with Gasteiger partial charge in [-0.25, -0.2) is 0 Å². The minimum atomic E-state index is -0.405. The number of benzene rings is 2. The zero-order chi connectivity index (χ0) is 30.3. The van der Waals surface area contributed by atoms with E-state index in [1.165, 1.54) is 56.3 Å². The molecule has 0 radical (unpaired) electrons. The first kappa shape index (κ1) is 33.2. The molecule has 2 N–H and O–H groups in total. The molecule has 4 heterocycles. The summed E-state index contributed by atoms with van der Waals surface area (Å²) in [6.45, 7) is 9.82. The molecule has 3 aliphatic heterocycles. The number of nitrogens with zero attached hydrogens (tertiary/aromatic N) is 5. The number of carbonyl (C=O) groups excluding carboxylic acids is 2. The maximum Gasteiger partial charge on any atom is 0.240 e. The van der Waals surface area contributed by atoms with E-state index in [9.17, 15) is 14.8 Å². The summed E-state index contributed by atoms with van der Waals surface area (Å²) in [6.07, 6.45) is 11.0. The molecule has 3 fully saturated rings. The Kier molecular flexibility index (Phi) is 14.0. The van der Waals surface area contributed by atoms with E-state index in [0.717, 1.165) is 47.5 Å². The summed E-state index contributed by atoms with van der Waals surface area (Å²) >= 11 is 0. The molecule has 0 aliphatic carbocycles. The molecule has 3 aliphatic rings. The number of likely N-dealkylation sites (tertiary alicyclic amines) is 2. The molecule has 9 nitrogen and oxygen atoms in total. The van der Waals surface area contributed by atoms with Gasteiger partial charge in [0.15, 0.2) is 0 Å². The lowest BCUT2D eigenvalue weighted by molar-refractivity contribution is -0.145. The first-order chi connectivity index (χ1) is 20.3. The van der Waals surface area contributed by atoms with Crippen molar-refractivity contribution >= 4 is 23.2 Å². The van der Waals surface area contributed by atoms with E-state index >= 15 is 0 Å². The molecule has 3 aromatic rings. The van der Waals surface area contributed by atoms with Gasteiger partial charge in [0.05, 0.1) is 11.7 Å². The average Bonchev–Trinajstić information content (AvgIpc) is 3.77. The molecule has 0 bridgehead atoms. The van der Waals surface area contributed by atoms with E-state index < -0.39 is 6.04 Å². The second-order valence-corrected chi connectivity index (χ2v) is 11.6. The number of piperidine rings is 1. The molecule has 0 saturated carbocycles. The average molecular weight is 581 g/mol. The molecule has 1 aromatic heterocycles. The zero-order valence-electron chi connectivity index (χ0n) is 26.0. The highest BCUT2D eigenvalue weighted by Gasteiger charge is 2.29. The number of fused-ring (bicyclic) bond motifs is 1. The minimum Gasteiger partial charge on any atom is -0.351 e. The van der Waals surface area contributed by atoms with Gasteiger partial charge in [-0.1, -0.05) is 47.9 Å². The fourth-order valence-electron chi connectivity index (χ4n) is 5.18. The number of hydroxylamine groups is 2. The molecule has 3 saturated heterocycles. The molecule has 1 unspecified atom stereocenters. The van der Waals surface area contributed by atoms with Crippen LogP contribution in [0, 0.1) is 13.8 Å². The fourth-order valence-corrected chi connectivity index (χ4v) is 5.18. The van der Waals surface area contributed by atoms with Crippen LogP contribution in [-0.4, -0.2) is 88.0 Å². The Morgan fingerprint density at radius 1 is 0.929 bits per heavy atom. The molecule has 232 valence electrons. The first-order valence-corrected chi connectivity index (χ1v) is 15.3. The topological polar surface area (TPSA) is 93.9 Å². The highest BCUT2D eigenvalue weighted by molar-refractivity contribution is 5.82.